The van der Waals surface area contributed by atoms with Gasteiger partial charge < -0.3 is 10.1 Å². The summed E-state index contributed by atoms with van der Waals surface area (Å²) >= 11 is 3.26. The first kappa shape index (κ1) is 18.5. The van der Waals surface area contributed by atoms with E-state index < -0.39 is 18.8 Å². The number of hydrogen-bond acceptors (Lipinski definition) is 4. The molecule has 132 valence electrons. The van der Waals surface area contributed by atoms with Gasteiger partial charge in [0.15, 0.2) is 0 Å². The van der Waals surface area contributed by atoms with Gasteiger partial charge in [-0.1, -0.05) is 6.92 Å². The molecule has 1 N–H and O–H groups in total. The molecule has 1 unspecified atom stereocenters. The van der Waals surface area contributed by atoms with Crippen molar-refractivity contribution in [2.45, 2.75) is 32.3 Å². The van der Waals surface area contributed by atoms with Crippen molar-refractivity contribution in [3.8, 4) is 0 Å². The molecule has 0 bridgehead atoms. The van der Waals surface area contributed by atoms with Gasteiger partial charge in [0.25, 0.3) is 0 Å². The number of aromatic nitrogens is 4. The van der Waals surface area contributed by atoms with Crippen molar-refractivity contribution in [2.75, 3.05) is 11.9 Å². The van der Waals surface area contributed by atoms with E-state index in [4.69, 9.17) is 0 Å². The number of ether oxygens (including phenoxy) is 1. The molecule has 0 spiro atoms. The van der Waals surface area contributed by atoms with Gasteiger partial charge in [-0.3, -0.25) is 9.48 Å². The molecule has 2 rings (SSSR count). The van der Waals surface area contributed by atoms with E-state index in [1.54, 1.807) is 12.4 Å². The smallest absolute Gasteiger partial charge is 0.350 e. The predicted molar refractivity (Wildman–Crippen MR) is 82.1 cm³/mol. The van der Waals surface area contributed by atoms with E-state index in [1.165, 1.54) is 17.1 Å². The Bertz CT molecular complexity index is 685. The molecular formula is C13H15BrF3N5O2. The molecule has 1 atom stereocenters. The van der Waals surface area contributed by atoms with E-state index in [9.17, 15) is 18.0 Å². The van der Waals surface area contributed by atoms with E-state index in [2.05, 4.69) is 36.2 Å². The summed E-state index contributed by atoms with van der Waals surface area (Å²) in [6.07, 6.45) is 2.11. The van der Waals surface area contributed by atoms with E-state index in [0.717, 1.165) is 9.15 Å². The van der Waals surface area contributed by atoms with Crippen LogP contribution in [0, 0.1) is 0 Å². The Balaban J connectivity index is 1.92. The summed E-state index contributed by atoms with van der Waals surface area (Å²) in [6.45, 7) is 0.119. The standard InChI is InChI=1S/C13H15BrF3N5O2/c1-2-11(22-5-9(14)3-19-22)12(23)20-10-4-18-21(6-10)8-24-7-13(15,16)17/h3-6,11H,2,7-8H2,1H3,(H,20,23). The van der Waals surface area contributed by atoms with Crippen LogP contribution in [0.15, 0.2) is 29.3 Å². The van der Waals surface area contributed by atoms with Crippen LogP contribution >= 0.6 is 15.9 Å². The third-order valence-corrected chi connectivity index (χ3v) is 3.38. The molecule has 0 saturated carbocycles. The average molecular weight is 410 g/mol. The van der Waals surface area contributed by atoms with Gasteiger partial charge in [0, 0.05) is 6.20 Å². The predicted octanol–water partition coefficient (Wildman–Crippen LogP) is 2.97. The number of anilines is 1. The summed E-state index contributed by atoms with van der Waals surface area (Å²) in [7, 11) is 0. The second-order valence-electron chi connectivity index (χ2n) is 4.91. The van der Waals surface area contributed by atoms with Gasteiger partial charge in [-0.05, 0) is 22.4 Å². The molecule has 11 heteroatoms. The fourth-order valence-electron chi connectivity index (χ4n) is 1.96. The molecule has 7 nitrogen and oxygen atoms in total. The second-order valence-corrected chi connectivity index (χ2v) is 5.83. The highest BCUT2D eigenvalue weighted by molar-refractivity contribution is 9.10. The van der Waals surface area contributed by atoms with Crippen molar-refractivity contribution in [2.24, 2.45) is 0 Å². The largest absolute Gasteiger partial charge is 0.411 e. The van der Waals surface area contributed by atoms with Gasteiger partial charge in [0.2, 0.25) is 5.91 Å². The Kier molecular flexibility index (Phi) is 5.99. The minimum atomic E-state index is -4.39. The molecule has 2 aromatic heterocycles. The minimum Gasteiger partial charge on any atom is -0.350 e. The van der Waals surface area contributed by atoms with Crippen LogP contribution in [0.2, 0.25) is 0 Å². The number of carbonyl (C=O) groups is 1. The van der Waals surface area contributed by atoms with Crippen LogP contribution in [0.1, 0.15) is 19.4 Å². The molecule has 0 aromatic carbocycles. The first-order valence-corrected chi connectivity index (χ1v) is 7.75. The van der Waals surface area contributed by atoms with Crippen molar-refractivity contribution < 1.29 is 22.7 Å². The summed E-state index contributed by atoms with van der Waals surface area (Å²) < 4.78 is 43.9. The van der Waals surface area contributed by atoms with Crippen LogP contribution in [0.4, 0.5) is 18.9 Å². The van der Waals surface area contributed by atoms with Crippen LogP contribution in [-0.4, -0.2) is 38.3 Å². The maximum Gasteiger partial charge on any atom is 0.411 e. The third kappa shape index (κ3) is 5.34. The van der Waals surface area contributed by atoms with Gasteiger partial charge in [-0.2, -0.15) is 23.4 Å². The molecule has 2 aromatic rings. The summed E-state index contributed by atoms with van der Waals surface area (Å²) in [4.78, 5) is 12.3. The van der Waals surface area contributed by atoms with Crippen LogP contribution in [0.3, 0.4) is 0 Å². The Morgan fingerprint density at radius 2 is 2.12 bits per heavy atom. The lowest BCUT2D eigenvalue weighted by atomic mass is 10.2. The highest BCUT2D eigenvalue weighted by Gasteiger charge is 2.27. The zero-order chi connectivity index (χ0) is 17.7. The molecule has 0 fully saturated rings. The van der Waals surface area contributed by atoms with Crippen molar-refractivity contribution in [1.29, 1.82) is 0 Å². The minimum absolute atomic E-state index is 0.302. The molecule has 24 heavy (non-hydrogen) atoms. The number of rotatable bonds is 7. The zero-order valence-corrected chi connectivity index (χ0v) is 14.2. The normalized spacial score (nSPS) is 13.0. The van der Waals surface area contributed by atoms with Crippen LogP contribution < -0.4 is 5.32 Å². The van der Waals surface area contributed by atoms with Crippen LogP contribution in [0.5, 0.6) is 0 Å². The number of hydrogen-bond donors (Lipinski definition) is 1. The molecule has 0 saturated heterocycles. The summed E-state index contributed by atoms with van der Waals surface area (Å²) in [5, 5.41) is 10.6. The SMILES string of the molecule is CCC(C(=O)Nc1cnn(COCC(F)(F)F)c1)n1cc(Br)cn1. The van der Waals surface area contributed by atoms with Crippen LogP contribution in [-0.2, 0) is 16.3 Å². The first-order valence-electron chi connectivity index (χ1n) is 6.96. The Labute approximate surface area is 143 Å². The number of halogens is 4. The van der Waals surface area contributed by atoms with Crippen LogP contribution in [0.25, 0.3) is 0 Å². The maximum absolute atomic E-state index is 12.3. The first-order chi connectivity index (χ1) is 11.3. The number of nitrogens with zero attached hydrogens (tertiary/aromatic N) is 4. The number of nitrogens with one attached hydrogen (secondary N) is 1. The number of alkyl halides is 3. The molecule has 0 aliphatic carbocycles. The van der Waals surface area contributed by atoms with E-state index >= 15 is 0 Å². The average Bonchev–Trinajstić information content (AvgIpc) is 3.08. The van der Waals surface area contributed by atoms with Gasteiger partial charge in [-0.25, -0.2) is 4.68 Å². The van der Waals surface area contributed by atoms with E-state index in [0.29, 0.717) is 12.1 Å². The summed E-state index contributed by atoms with van der Waals surface area (Å²) in [5.74, 6) is -0.302. The Morgan fingerprint density at radius 3 is 2.71 bits per heavy atom. The molecule has 1 amide bonds. The van der Waals surface area contributed by atoms with Gasteiger partial charge in [-0.15, -0.1) is 0 Å². The topological polar surface area (TPSA) is 74.0 Å². The van der Waals surface area contributed by atoms with E-state index in [1.807, 2.05) is 6.92 Å². The lowest BCUT2D eigenvalue weighted by molar-refractivity contribution is -0.182. The maximum atomic E-state index is 12.3. The highest BCUT2D eigenvalue weighted by atomic mass is 79.9. The highest BCUT2D eigenvalue weighted by Crippen LogP contribution is 2.18. The molecule has 0 aliphatic heterocycles. The lowest BCUT2D eigenvalue weighted by Crippen LogP contribution is -2.25. The third-order valence-electron chi connectivity index (χ3n) is 2.97. The van der Waals surface area contributed by atoms with E-state index in [-0.39, 0.29) is 12.6 Å². The monoisotopic (exact) mass is 409 g/mol. The summed E-state index contributed by atoms with van der Waals surface area (Å²) in [6, 6.07) is -0.513. The molecule has 0 aliphatic rings. The number of carbonyl (C=O) groups excluding carboxylic acids is 1. The second kappa shape index (κ2) is 7.79. The molecule has 0 radical (unpaired) electrons. The zero-order valence-electron chi connectivity index (χ0n) is 12.6. The Morgan fingerprint density at radius 1 is 1.38 bits per heavy atom. The fraction of sp³-hybridized carbons (Fsp3) is 0.462. The Hall–Kier alpha value is -1.88. The van der Waals surface area contributed by atoms with Crippen molar-refractivity contribution in [3.05, 3.63) is 29.3 Å². The fourth-order valence-corrected chi connectivity index (χ4v) is 2.26. The molecule has 2 heterocycles. The summed E-state index contributed by atoms with van der Waals surface area (Å²) in [5.41, 5.74) is 0.361. The van der Waals surface area contributed by atoms with Crippen molar-refractivity contribution in [3.63, 3.8) is 0 Å². The van der Waals surface area contributed by atoms with Gasteiger partial charge in [0.1, 0.15) is 19.4 Å². The lowest BCUT2D eigenvalue weighted by Gasteiger charge is -2.14. The van der Waals surface area contributed by atoms with Gasteiger partial charge in [0.05, 0.1) is 28.8 Å². The van der Waals surface area contributed by atoms with Crippen molar-refractivity contribution >= 4 is 27.5 Å². The number of amides is 1. The van der Waals surface area contributed by atoms with Gasteiger partial charge >= 0.3 is 6.18 Å². The molecular weight excluding hydrogens is 395 g/mol. The quantitative estimate of drug-likeness (QED) is 0.762. The van der Waals surface area contributed by atoms with Crippen molar-refractivity contribution in [1.82, 2.24) is 19.6 Å².